The number of rotatable bonds is 2. The lowest BCUT2D eigenvalue weighted by Gasteiger charge is -2.29. The number of hydrogen-bond acceptors (Lipinski definition) is 0. The Labute approximate surface area is 147 Å². The van der Waals surface area contributed by atoms with E-state index < -0.39 is 0 Å². The van der Waals surface area contributed by atoms with Crippen molar-refractivity contribution in [2.45, 2.75) is 70.1 Å². The van der Waals surface area contributed by atoms with Crippen molar-refractivity contribution < 1.29 is 0 Å². The molecule has 0 saturated heterocycles. The van der Waals surface area contributed by atoms with Crippen molar-refractivity contribution in [3.63, 3.8) is 0 Å². The lowest BCUT2D eigenvalue weighted by atomic mass is 9.75. The zero-order valence-corrected chi connectivity index (χ0v) is 15.8. The monoisotopic (exact) mass is 318 g/mol. The molecule has 2 aromatic rings. The molecule has 2 aliphatic carbocycles. The van der Waals surface area contributed by atoms with E-state index in [4.69, 9.17) is 0 Å². The first-order valence-corrected chi connectivity index (χ1v) is 9.50. The third-order valence-corrected chi connectivity index (χ3v) is 6.91. The molecule has 0 fully saturated rings. The van der Waals surface area contributed by atoms with Crippen LogP contribution in [0.3, 0.4) is 0 Å². The molecule has 126 valence electrons. The molecule has 4 rings (SSSR count). The summed E-state index contributed by atoms with van der Waals surface area (Å²) in [4.78, 5) is 0. The zero-order valence-electron chi connectivity index (χ0n) is 15.8. The van der Waals surface area contributed by atoms with Gasteiger partial charge in [0.25, 0.3) is 0 Å². The Balaban J connectivity index is 1.73. The van der Waals surface area contributed by atoms with E-state index in [1.54, 1.807) is 22.3 Å². The molecule has 0 radical (unpaired) electrons. The number of benzene rings is 2. The van der Waals surface area contributed by atoms with Crippen LogP contribution >= 0.6 is 0 Å². The Hall–Kier alpha value is -1.56. The Morgan fingerprint density at radius 2 is 1.08 bits per heavy atom. The van der Waals surface area contributed by atoms with Crippen molar-refractivity contribution in [1.29, 1.82) is 0 Å². The highest BCUT2D eigenvalue weighted by molar-refractivity contribution is 5.45. The van der Waals surface area contributed by atoms with Gasteiger partial charge in [-0.05, 0) is 63.7 Å². The van der Waals surface area contributed by atoms with Gasteiger partial charge in [-0.25, -0.2) is 0 Å². The van der Waals surface area contributed by atoms with Gasteiger partial charge >= 0.3 is 0 Å². The first kappa shape index (κ1) is 15.9. The summed E-state index contributed by atoms with van der Waals surface area (Å²) in [6.45, 7) is 12.2. The first-order valence-electron chi connectivity index (χ1n) is 9.50. The van der Waals surface area contributed by atoms with Crippen LogP contribution in [0.4, 0.5) is 0 Å². The van der Waals surface area contributed by atoms with Gasteiger partial charge < -0.3 is 0 Å². The SMILES string of the molecule is CC(C1CC(C)(C)c2ccccc21)C1CC(C)(C)c2ccccc21. The maximum Gasteiger partial charge on any atom is -0.00948 e. The maximum absolute atomic E-state index is 2.51. The van der Waals surface area contributed by atoms with E-state index in [1.165, 1.54) is 12.8 Å². The van der Waals surface area contributed by atoms with Crippen molar-refractivity contribution in [3.05, 3.63) is 70.8 Å². The van der Waals surface area contributed by atoms with E-state index >= 15 is 0 Å². The molecule has 0 nitrogen and oxygen atoms in total. The van der Waals surface area contributed by atoms with E-state index in [0.717, 1.165) is 0 Å². The van der Waals surface area contributed by atoms with Gasteiger partial charge in [0, 0.05) is 0 Å². The first-order chi connectivity index (χ1) is 11.3. The minimum absolute atomic E-state index is 0.309. The molecular weight excluding hydrogens is 288 g/mol. The van der Waals surface area contributed by atoms with Gasteiger partial charge in [-0.15, -0.1) is 0 Å². The molecule has 0 amide bonds. The molecule has 24 heavy (non-hydrogen) atoms. The second kappa shape index (κ2) is 5.22. The quantitative estimate of drug-likeness (QED) is 0.588. The molecule has 0 aromatic heterocycles. The van der Waals surface area contributed by atoms with Crippen molar-refractivity contribution in [2.24, 2.45) is 5.92 Å². The third kappa shape index (κ3) is 2.26. The predicted octanol–water partition coefficient (Wildman–Crippen LogP) is 6.55. The van der Waals surface area contributed by atoms with Gasteiger partial charge in [0.05, 0.1) is 0 Å². The van der Waals surface area contributed by atoms with Crippen LogP contribution in [0.1, 0.15) is 81.5 Å². The van der Waals surface area contributed by atoms with Crippen LogP contribution in [0, 0.1) is 5.92 Å². The fourth-order valence-electron chi connectivity index (χ4n) is 5.63. The number of fused-ring (bicyclic) bond motifs is 2. The topological polar surface area (TPSA) is 0 Å². The normalized spacial score (nSPS) is 27.5. The Morgan fingerprint density at radius 3 is 1.50 bits per heavy atom. The summed E-state index contributed by atoms with van der Waals surface area (Å²) in [6, 6.07) is 18.4. The highest BCUT2D eigenvalue weighted by Gasteiger charge is 2.45. The van der Waals surface area contributed by atoms with Gasteiger partial charge in [-0.1, -0.05) is 83.1 Å². The summed E-state index contributed by atoms with van der Waals surface area (Å²) >= 11 is 0. The maximum atomic E-state index is 2.51. The van der Waals surface area contributed by atoms with Crippen molar-refractivity contribution in [2.75, 3.05) is 0 Å². The van der Waals surface area contributed by atoms with E-state index in [2.05, 4.69) is 83.1 Å². The van der Waals surface area contributed by atoms with Crippen LogP contribution in [-0.2, 0) is 10.8 Å². The summed E-state index contributed by atoms with van der Waals surface area (Å²) < 4.78 is 0. The van der Waals surface area contributed by atoms with E-state index in [9.17, 15) is 0 Å². The molecule has 2 aromatic carbocycles. The molecule has 0 saturated carbocycles. The smallest absolute Gasteiger partial charge is 0.00948 e. The van der Waals surface area contributed by atoms with E-state index in [-0.39, 0.29) is 0 Å². The van der Waals surface area contributed by atoms with Gasteiger partial charge in [0.1, 0.15) is 0 Å². The highest BCUT2D eigenvalue weighted by Crippen LogP contribution is 2.56. The molecule has 0 aliphatic heterocycles. The average Bonchev–Trinajstić information content (AvgIpc) is 2.99. The van der Waals surface area contributed by atoms with Gasteiger partial charge in [0.2, 0.25) is 0 Å². The number of hydrogen-bond donors (Lipinski definition) is 0. The lowest BCUT2D eigenvalue weighted by molar-refractivity contribution is 0.316. The van der Waals surface area contributed by atoms with Gasteiger partial charge in [-0.2, -0.15) is 0 Å². The second-order valence-corrected chi connectivity index (χ2v) is 9.42. The van der Waals surface area contributed by atoms with Crippen LogP contribution in [0.2, 0.25) is 0 Å². The molecule has 0 N–H and O–H groups in total. The summed E-state index contributed by atoms with van der Waals surface area (Å²) in [7, 11) is 0. The fourth-order valence-corrected chi connectivity index (χ4v) is 5.63. The minimum Gasteiger partial charge on any atom is -0.0620 e. The zero-order chi connectivity index (χ0) is 17.1. The summed E-state index contributed by atoms with van der Waals surface area (Å²) in [5.41, 5.74) is 6.99. The van der Waals surface area contributed by atoms with Gasteiger partial charge in [0.15, 0.2) is 0 Å². The highest BCUT2D eigenvalue weighted by atomic mass is 14.5. The van der Waals surface area contributed by atoms with Crippen molar-refractivity contribution >= 4 is 0 Å². The second-order valence-electron chi connectivity index (χ2n) is 9.42. The van der Waals surface area contributed by atoms with Crippen molar-refractivity contribution in [1.82, 2.24) is 0 Å². The standard InChI is InChI=1S/C24H30/c1-16(19-14-23(2,3)21-12-8-6-10-17(19)21)20-15-24(4,5)22-13-9-7-11-18(20)22/h6-13,16,19-20H,14-15H2,1-5H3. The Morgan fingerprint density at radius 1 is 0.708 bits per heavy atom. The van der Waals surface area contributed by atoms with E-state index in [1.807, 2.05) is 0 Å². The molecular formula is C24H30. The van der Waals surface area contributed by atoms with Gasteiger partial charge in [-0.3, -0.25) is 0 Å². The average molecular weight is 319 g/mol. The lowest BCUT2D eigenvalue weighted by Crippen LogP contribution is -2.19. The molecule has 0 heteroatoms. The fraction of sp³-hybridized carbons (Fsp3) is 0.500. The predicted molar refractivity (Wildman–Crippen MR) is 103 cm³/mol. The largest absolute Gasteiger partial charge is 0.0620 e. The molecule has 0 bridgehead atoms. The third-order valence-electron chi connectivity index (χ3n) is 6.91. The molecule has 2 atom stereocenters. The Bertz CT molecular complexity index is 700. The molecule has 0 spiro atoms. The summed E-state index contributed by atoms with van der Waals surface area (Å²) in [6.07, 6.45) is 2.57. The molecule has 0 heterocycles. The Kier molecular flexibility index (Phi) is 3.46. The minimum atomic E-state index is 0.309. The van der Waals surface area contributed by atoms with Crippen LogP contribution in [0.5, 0.6) is 0 Å². The summed E-state index contributed by atoms with van der Waals surface area (Å²) in [5.74, 6) is 2.06. The van der Waals surface area contributed by atoms with Crippen molar-refractivity contribution in [3.8, 4) is 0 Å². The molecule has 2 unspecified atom stereocenters. The van der Waals surface area contributed by atoms with Crippen LogP contribution < -0.4 is 0 Å². The van der Waals surface area contributed by atoms with E-state index in [0.29, 0.717) is 28.6 Å². The summed E-state index contributed by atoms with van der Waals surface area (Å²) in [5, 5.41) is 0. The van der Waals surface area contributed by atoms with Crippen LogP contribution in [-0.4, -0.2) is 0 Å². The molecule has 2 aliphatic rings. The van der Waals surface area contributed by atoms with Crippen LogP contribution in [0.15, 0.2) is 48.5 Å². The van der Waals surface area contributed by atoms with Crippen LogP contribution in [0.25, 0.3) is 0 Å².